The number of rotatable bonds is 6. The third kappa shape index (κ3) is 5.73. The van der Waals surface area contributed by atoms with Crippen LogP contribution in [0.3, 0.4) is 0 Å². The Morgan fingerprint density at radius 1 is 1.20 bits per heavy atom. The van der Waals surface area contributed by atoms with Crippen molar-refractivity contribution in [2.45, 2.75) is 33.6 Å². The molecule has 1 aromatic carbocycles. The SMILES string of the molecule is CCN(CC(C)C)C(=O)C1CCN(C(=O)C=Cc2ccccc2)CC1. The number of piperidine rings is 1. The van der Waals surface area contributed by atoms with E-state index in [9.17, 15) is 9.59 Å². The lowest BCUT2D eigenvalue weighted by Gasteiger charge is -2.34. The van der Waals surface area contributed by atoms with Crippen molar-refractivity contribution in [1.29, 1.82) is 0 Å². The van der Waals surface area contributed by atoms with Crippen LogP contribution >= 0.6 is 0 Å². The highest BCUT2D eigenvalue weighted by Crippen LogP contribution is 2.20. The van der Waals surface area contributed by atoms with E-state index < -0.39 is 0 Å². The van der Waals surface area contributed by atoms with E-state index in [1.165, 1.54) is 0 Å². The lowest BCUT2D eigenvalue weighted by molar-refractivity contribution is -0.139. The first-order chi connectivity index (χ1) is 12.0. The molecule has 1 fully saturated rings. The molecule has 0 atom stereocenters. The first-order valence-electron chi connectivity index (χ1n) is 9.32. The van der Waals surface area contributed by atoms with Gasteiger partial charge in [0.2, 0.25) is 11.8 Å². The highest BCUT2D eigenvalue weighted by atomic mass is 16.2. The molecule has 0 saturated carbocycles. The lowest BCUT2D eigenvalue weighted by Crippen LogP contribution is -2.44. The molecule has 2 amide bonds. The highest BCUT2D eigenvalue weighted by Gasteiger charge is 2.29. The fourth-order valence-electron chi connectivity index (χ4n) is 3.26. The van der Waals surface area contributed by atoms with Gasteiger partial charge >= 0.3 is 0 Å². The molecule has 1 aliphatic rings. The van der Waals surface area contributed by atoms with Crippen LogP contribution in [0.2, 0.25) is 0 Å². The normalized spacial score (nSPS) is 15.8. The Morgan fingerprint density at radius 3 is 2.40 bits per heavy atom. The molecule has 0 bridgehead atoms. The number of carbonyl (C=O) groups excluding carboxylic acids is 2. The van der Waals surface area contributed by atoms with E-state index in [1.807, 2.05) is 53.1 Å². The zero-order chi connectivity index (χ0) is 18.2. The Labute approximate surface area is 151 Å². The third-order valence-corrected chi connectivity index (χ3v) is 4.65. The van der Waals surface area contributed by atoms with Crippen LogP contribution in [-0.2, 0) is 9.59 Å². The van der Waals surface area contributed by atoms with Gasteiger partial charge in [-0.05, 0) is 37.3 Å². The van der Waals surface area contributed by atoms with Gasteiger partial charge < -0.3 is 9.80 Å². The van der Waals surface area contributed by atoms with Crippen LogP contribution in [-0.4, -0.2) is 47.8 Å². The molecule has 4 nitrogen and oxygen atoms in total. The molecule has 25 heavy (non-hydrogen) atoms. The summed E-state index contributed by atoms with van der Waals surface area (Å²) in [6, 6.07) is 9.82. The summed E-state index contributed by atoms with van der Waals surface area (Å²) in [5.74, 6) is 0.821. The molecule has 1 saturated heterocycles. The van der Waals surface area contributed by atoms with Gasteiger partial charge in [0, 0.05) is 38.2 Å². The van der Waals surface area contributed by atoms with Crippen LogP contribution in [0.25, 0.3) is 6.08 Å². The van der Waals surface area contributed by atoms with Crippen LogP contribution in [0.4, 0.5) is 0 Å². The first-order valence-corrected chi connectivity index (χ1v) is 9.32. The summed E-state index contributed by atoms with van der Waals surface area (Å²) >= 11 is 0. The minimum absolute atomic E-state index is 0.0317. The van der Waals surface area contributed by atoms with E-state index in [2.05, 4.69) is 13.8 Å². The predicted molar refractivity (Wildman–Crippen MR) is 102 cm³/mol. The van der Waals surface area contributed by atoms with E-state index in [0.717, 1.165) is 31.5 Å². The number of amides is 2. The summed E-state index contributed by atoms with van der Waals surface area (Å²) in [7, 11) is 0. The zero-order valence-corrected chi connectivity index (χ0v) is 15.6. The lowest BCUT2D eigenvalue weighted by atomic mass is 9.94. The smallest absolute Gasteiger partial charge is 0.246 e. The predicted octanol–water partition coefficient (Wildman–Crippen LogP) is 3.44. The first kappa shape index (κ1) is 19.2. The van der Waals surface area contributed by atoms with Crippen LogP contribution in [0, 0.1) is 11.8 Å². The standard InChI is InChI=1S/C21H30N2O2/c1-4-22(16-17(2)3)21(25)19-12-14-23(15-13-19)20(24)11-10-18-8-6-5-7-9-18/h5-11,17,19H,4,12-16H2,1-3H3. The van der Waals surface area contributed by atoms with Crippen LogP contribution in [0.1, 0.15) is 39.2 Å². The molecule has 2 rings (SSSR count). The van der Waals surface area contributed by atoms with Crippen molar-refractivity contribution in [3.63, 3.8) is 0 Å². The molecule has 0 spiro atoms. The summed E-state index contributed by atoms with van der Waals surface area (Å²) < 4.78 is 0. The molecule has 1 aliphatic heterocycles. The van der Waals surface area contributed by atoms with E-state index in [1.54, 1.807) is 6.08 Å². The molecule has 0 aliphatic carbocycles. The van der Waals surface area contributed by atoms with Gasteiger partial charge in [-0.2, -0.15) is 0 Å². The summed E-state index contributed by atoms with van der Waals surface area (Å²) in [6.07, 6.45) is 5.01. The Hall–Kier alpha value is -2.10. The summed E-state index contributed by atoms with van der Waals surface area (Å²) in [6.45, 7) is 9.20. The maximum atomic E-state index is 12.7. The average Bonchev–Trinajstić information content (AvgIpc) is 2.64. The molecule has 0 unspecified atom stereocenters. The second kappa shape index (κ2) is 9.40. The fraction of sp³-hybridized carbons (Fsp3) is 0.524. The molecule has 0 aromatic heterocycles. The monoisotopic (exact) mass is 342 g/mol. The zero-order valence-electron chi connectivity index (χ0n) is 15.6. The summed E-state index contributed by atoms with van der Waals surface area (Å²) in [4.78, 5) is 28.8. The van der Waals surface area contributed by atoms with Crippen LogP contribution in [0.15, 0.2) is 36.4 Å². The Kier molecular flexibility index (Phi) is 7.23. The molecule has 1 heterocycles. The van der Waals surface area contributed by atoms with E-state index in [-0.39, 0.29) is 17.7 Å². The minimum Gasteiger partial charge on any atom is -0.342 e. The van der Waals surface area contributed by atoms with Crippen molar-refractivity contribution in [2.75, 3.05) is 26.2 Å². The average molecular weight is 342 g/mol. The maximum Gasteiger partial charge on any atom is 0.246 e. The second-order valence-electron chi connectivity index (χ2n) is 7.11. The van der Waals surface area contributed by atoms with Crippen LogP contribution in [0.5, 0.6) is 0 Å². The largest absolute Gasteiger partial charge is 0.342 e. The quantitative estimate of drug-likeness (QED) is 0.743. The number of carbonyl (C=O) groups is 2. The second-order valence-corrected chi connectivity index (χ2v) is 7.11. The third-order valence-electron chi connectivity index (χ3n) is 4.65. The number of hydrogen-bond acceptors (Lipinski definition) is 2. The van der Waals surface area contributed by atoms with E-state index in [4.69, 9.17) is 0 Å². The Balaban J connectivity index is 1.85. The number of hydrogen-bond donors (Lipinski definition) is 0. The molecular formula is C21H30N2O2. The Morgan fingerprint density at radius 2 is 1.84 bits per heavy atom. The van der Waals surface area contributed by atoms with Crippen molar-refractivity contribution in [2.24, 2.45) is 11.8 Å². The summed E-state index contributed by atoms with van der Waals surface area (Å²) in [5.41, 5.74) is 1.02. The van der Waals surface area contributed by atoms with Gasteiger partial charge in [-0.15, -0.1) is 0 Å². The fourth-order valence-corrected chi connectivity index (χ4v) is 3.26. The summed E-state index contributed by atoms with van der Waals surface area (Å²) in [5, 5.41) is 0. The van der Waals surface area contributed by atoms with Gasteiger partial charge in [0.1, 0.15) is 0 Å². The topological polar surface area (TPSA) is 40.6 Å². The van der Waals surface area contributed by atoms with Crippen molar-refractivity contribution in [3.8, 4) is 0 Å². The Bertz CT molecular complexity index is 587. The molecule has 136 valence electrons. The van der Waals surface area contributed by atoms with Gasteiger partial charge in [0.25, 0.3) is 0 Å². The van der Waals surface area contributed by atoms with Crippen molar-refractivity contribution >= 4 is 17.9 Å². The van der Waals surface area contributed by atoms with Crippen molar-refractivity contribution in [3.05, 3.63) is 42.0 Å². The molecule has 4 heteroatoms. The van der Waals surface area contributed by atoms with Gasteiger partial charge in [-0.25, -0.2) is 0 Å². The van der Waals surface area contributed by atoms with E-state index >= 15 is 0 Å². The van der Waals surface area contributed by atoms with Gasteiger partial charge in [0.05, 0.1) is 0 Å². The maximum absolute atomic E-state index is 12.7. The van der Waals surface area contributed by atoms with Gasteiger partial charge in [-0.3, -0.25) is 9.59 Å². The molecular weight excluding hydrogens is 312 g/mol. The number of likely N-dealkylation sites (tertiary alicyclic amines) is 1. The van der Waals surface area contributed by atoms with Crippen molar-refractivity contribution in [1.82, 2.24) is 9.80 Å². The van der Waals surface area contributed by atoms with Crippen molar-refractivity contribution < 1.29 is 9.59 Å². The molecule has 1 aromatic rings. The molecule has 0 N–H and O–H groups in total. The minimum atomic E-state index is 0.0317. The highest BCUT2D eigenvalue weighted by molar-refractivity contribution is 5.92. The number of benzene rings is 1. The number of nitrogens with zero attached hydrogens (tertiary/aromatic N) is 2. The van der Waals surface area contributed by atoms with E-state index in [0.29, 0.717) is 19.0 Å². The molecule has 0 radical (unpaired) electrons. The van der Waals surface area contributed by atoms with Crippen LogP contribution < -0.4 is 0 Å². The van der Waals surface area contributed by atoms with Gasteiger partial charge in [0.15, 0.2) is 0 Å². The van der Waals surface area contributed by atoms with Gasteiger partial charge in [-0.1, -0.05) is 44.2 Å².